The van der Waals surface area contributed by atoms with Gasteiger partial charge in [0.2, 0.25) is 0 Å². The molecule has 0 amide bonds. The Morgan fingerprint density at radius 2 is 2.31 bits per heavy atom. The molecule has 1 aliphatic rings. The lowest BCUT2D eigenvalue weighted by atomic mass is 10.1. The van der Waals surface area contributed by atoms with E-state index in [1.165, 1.54) is 15.6 Å². The number of piperazine rings is 1. The van der Waals surface area contributed by atoms with Crippen molar-refractivity contribution in [2.24, 2.45) is 0 Å². The Hall–Kier alpha value is -0.380. The summed E-state index contributed by atoms with van der Waals surface area (Å²) in [5, 5.41) is 3.47. The molecule has 0 bridgehead atoms. The summed E-state index contributed by atoms with van der Waals surface area (Å²) in [6.45, 7) is 8.92. The van der Waals surface area contributed by atoms with E-state index < -0.39 is 0 Å². The van der Waals surface area contributed by atoms with E-state index in [4.69, 9.17) is 0 Å². The molecule has 1 aliphatic heterocycles. The zero-order valence-electron chi connectivity index (χ0n) is 9.96. The molecule has 2 rings (SSSR count). The molecule has 0 radical (unpaired) electrons. The fourth-order valence-electron chi connectivity index (χ4n) is 2.23. The molecule has 1 N–H and O–H groups in total. The lowest BCUT2D eigenvalue weighted by molar-refractivity contribution is 0.199. The lowest BCUT2D eigenvalue weighted by Gasteiger charge is -2.32. The van der Waals surface area contributed by atoms with E-state index in [0.29, 0.717) is 6.04 Å². The normalized spacial score (nSPS) is 22.3. The first kappa shape index (κ1) is 12.1. The van der Waals surface area contributed by atoms with E-state index in [1.807, 2.05) is 0 Å². The third kappa shape index (κ3) is 3.06. The van der Waals surface area contributed by atoms with Gasteiger partial charge in [-0.05, 0) is 37.1 Å². The third-order valence-electron chi connectivity index (χ3n) is 3.15. The van der Waals surface area contributed by atoms with Crippen LogP contribution in [0.2, 0.25) is 0 Å². The van der Waals surface area contributed by atoms with Crippen molar-refractivity contribution in [3.63, 3.8) is 0 Å². The van der Waals surface area contributed by atoms with Gasteiger partial charge in [-0.15, -0.1) is 0 Å². The highest BCUT2D eigenvalue weighted by Gasteiger charge is 2.15. The van der Waals surface area contributed by atoms with Gasteiger partial charge in [0.05, 0.1) is 0 Å². The van der Waals surface area contributed by atoms with Crippen molar-refractivity contribution in [3.8, 4) is 0 Å². The van der Waals surface area contributed by atoms with Gasteiger partial charge < -0.3 is 5.32 Å². The minimum absolute atomic E-state index is 0.615. The van der Waals surface area contributed by atoms with Crippen molar-refractivity contribution in [3.05, 3.63) is 33.8 Å². The maximum Gasteiger partial charge on any atom is 0.0237 e. The van der Waals surface area contributed by atoms with Crippen molar-refractivity contribution in [2.75, 3.05) is 19.6 Å². The molecule has 1 saturated heterocycles. The molecule has 1 aromatic carbocycles. The summed E-state index contributed by atoms with van der Waals surface area (Å²) in [4.78, 5) is 2.53. The average Bonchev–Trinajstić information content (AvgIpc) is 2.22. The highest BCUT2D eigenvalue weighted by atomic mass is 79.9. The van der Waals surface area contributed by atoms with Gasteiger partial charge in [-0.2, -0.15) is 0 Å². The molecule has 0 spiro atoms. The van der Waals surface area contributed by atoms with Crippen LogP contribution in [0, 0.1) is 6.92 Å². The first-order valence-electron chi connectivity index (χ1n) is 5.86. The van der Waals surface area contributed by atoms with Crippen LogP contribution in [-0.2, 0) is 6.54 Å². The summed E-state index contributed by atoms with van der Waals surface area (Å²) in [6.07, 6.45) is 0. The van der Waals surface area contributed by atoms with Crippen molar-refractivity contribution in [1.82, 2.24) is 10.2 Å². The minimum atomic E-state index is 0.615. The minimum Gasteiger partial charge on any atom is -0.312 e. The number of nitrogens with one attached hydrogen (secondary N) is 1. The fraction of sp³-hybridized carbons (Fsp3) is 0.538. The molecule has 0 aliphatic carbocycles. The predicted octanol–water partition coefficient (Wildman–Crippen LogP) is 2.55. The molecule has 1 fully saturated rings. The van der Waals surface area contributed by atoms with E-state index in [9.17, 15) is 0 Å². The summed E-state index contributed by atoms with van der Waals surface area (Å²) in [5.74, 6) is 0. The maximum atomic E-state index is 3.51. The third-order valence-corrected chi connectivity index (χ3v) is 3.64. The van der Waals surface area contributed by atoms with Crippen LogP contribution in [0.1, 0.15) is 18.1 Å². The Bertz CT molecular complexity index is 365. The van der Waals surface area contributed by atoms with Crippen LogP contribution in [0.25, 0.3) is 0 Å². The zero-order chi connectivity index (χ0) is 11.5. The van der Waals surface area contributed by atoms with Crippen LogP contribution < -0.4 is 5.32 Å². The van der Waals surface area contributed by atoms with Crippen LogP contribution in [0.3, 0.4) is 0 Å². The Morgan fingerprint density at radius 1 is 1.50 bits per heavy atom. The van der Waals surface area contributed by atoms with Gasteiger partial charge in [-0.3, -0.25) is 4.90 Å². The van der Waals surface area contributed by atoms with E-state index in [1.54, 1.807) is 0 Å². The van der Waals surface area contributed by atoms with Crippen LogP contribution in [0.15, 0.2) is 22.7 Å². The summed E-state index contributed by atoms with van der Waals surface area (Å²) >= 11 is 3.51. The summed E-state index contributed by atoms with van der Waals surface area (Å²) < 4.78 is 1.17. The quantitative estimate of drug-likeness (QED) is 0.897. The number of hydrogen-bond acceptors (Lipinski definition) is 2. The SMILES string of the molecule is Cc1cc(Br)ccc1CN1CCN[C@@H](C)C1. The van der Waals surface area contributed by atoms with Crippen molar-refractivity contribution < 1.29 is 0 Å². The number of hydrogen-bond donors (Lipinski definition) is 1. The van der Waals surface area contributed by atoms with Crippen molar-refractivity contribution in [1.29, 1.82) is 0 Å². The molecule has 0 unspecified atom stereocenters. The molecule has 2 nitrogen and oxygen atoms in total. The standard InChI is InChI=1S/C13H19BrN2/c1-10-7-13(14)4-3-12(10)9-16-6-5-15-11(2)8-16/h3-4,7,11,15H,5-6,8-9H2,1-2H3/t11-/m0/s1. The van der Waals surface area contributed by atoms with Gasteiger partial charge in [0, 0.05) is 36.7 Å². The Kier molecular flexibility index (Phi) is 4.00. The second kappa shape index (κ2) is 5.30. The second-order valence-electron chi connectivity index (χ2n) is 4.66. The van der Waals surface area contributed by atoms with Gasteiger partial charge in [0.25, 0.3) is 0 Å². The first-order valence-corrected chi connectivity index (χ1v) is 6.65. The summed E-state index contributed by atoms with van der Waals surface area (Å²) in [6, 6.07) is 7.17. The molecule has 0 saturated carbocycles. The monoisotopic (exact) mass is 282 g/mol. The van der Waals surface area contributed by atoms with Gasteiger partial charge in [0.1, 0.15) is 0 Å². The zero-order valence-corrected chi connectivity index (χ0v) is 11.5. The lowest BCUT2D eigenvalue weighted by Crippen LogP contribution is -2.48. The highest BCUT2D eigenvalue weighted by Crippen LogP contribution is 2.17. The molecule has 88 valence electrons. The summed E-state index contributed by atoms with van der Waals surface area (Å²) in [7, 11) is 0. The first-order chi connectivity index (χ1) is 7.65. The van der Waals surface area contributed by atoms with Crippen LogP contribution >= 0.6 is 15.9 Å². The van der Waals surface area contributed by atoms with Crippen molar-refractivity contribution >= 4 is 15.9 Å². The molecule has 1 aromatic rings. The predicted molar refractivity (Wildman–Crippen MR) is 71.6 cm³/mol. The molecule has 0 aromatic heterocycles. The average molecular weight is 283 g/mol. The molecule has 1 heterocycles. The number of rotatable bonds is 2. The number of benzene rings is 1. The Labute approximate surface area is 106 Å². The van der Waals surface area contributed by atoms with E-state index in [2.05, 4.69) is 58.2 Å². The molecular formula is C13H19BrN2. The van der Waals surface area contributed by atoms with Gasteiger partial charge in [0.15, 0.2) is 0 Å². The van der Waals surface area contributed by atoms with E-state index >= 15 is 0 Å². The highest BCUT2D eigenvalue weighted by molar-refractivity contribution is 9.10. The number of aryl methyl sites for hydroxylation is 1. The van der Waals surface area contributed by atoms with Gasteiger partial charge >= 0.3 is 0 Å². The molecular weight excluding hydrogens is 264 g/mol. The van der Waals surface area contributed by atoms with Gasteiger partial charge in [-0.1, -0.05) is 22.0 Å². The largest absolute Gasteiger partial charge is 0.312 e. The van der Waals surface area contributed by atoms with E-state index in [-0.39, 0.29) is 0 Å². The van der Waals surface area contributed by atoms with Crippen LogP contribution in [0.5, 0.6) is 0 Å². The molecule has 16 heavy (non-hydrogen) atoms. The smallest absolute Gasteiger partial charge is 0.0237 e. The number of halogens is 1. The Morgan fingerprint density at radius 3 is 3.00 bits per heavy atom. The molecule has 3 heteroatoms. The van der Waals surface area contributed by atoms with Crippen molar-refractivity contribution in [2.45, 2.75) is 26.4 Å². The second-order valence-corrected chi connectivity index (χ2v) is 5.58. The van der Waals surface area contributed by atoms with E-state index in [0.717, 1.165) is 26.2 Å². The Balaban J connectivity index is 2.02. The van der Waals surface area contributed by atoms with Crippen LogP contribution in [-0.4, -0.2) is 30.6 Å². The maximum absolute atomic E-state index is 3.51. The number of nitrogens with zero attached hydrogens (tertiary/aromatic N) is 1. The summed E-state index contributed by atoms with van der Waals surface area (Å²) in [5.41, 5.74) is 2.82. The van der Waals surface area contributed by atoms with Gasteiger partial charge in [-0.25, -0.2) is 0 Å². The van der Waals surface area contributed by atoms with Crippen LogP contribution in [0.4, 0.5) is 0 Å². The fourth-order valence-corrected chi connectivity index (χ4v) is 2.71. The molecule has 1 atom stereocenters. The topological polar surface area (TPSA) is 15.3 Å².